The molecule has 1 saturated heterocycles. The summed E-state index contributed by atoms with van der Waals surface area (Å²) >= 11 is 0. The van der Waals surface area contributed by atoms with E-state index in [9.17, 15) is 49.4 Å². The first-order valence-corrected chi connectivity index (χ1v) is 11.5. The van der Waals surface area contributed by atoms with Crippen molar-refractivity contribution in [2.75, 3.05) is 38.3 Å². The summed E-state index contributed by atoms with van der Waals surface area (Å²) in [4.78, 5) is 18.3. The third-order valence-corrected chi connectivity index (χ3v) is 6.81. The lowest BCUT2D eigenvalue weighted by Crippen LogP contribution is -2.54. The molecule has 1 aliphatic heterocycles. The number of benzene rings is 1. The van der Waals surface area contributed by atoms with Gasteiger partial charge in [-0.15, -0.1) is 0 Å². The number of methoxy groups -OCH3 is 1. The predicted molar refractivity (Wildman–Crippen MR) is 117 cm³/mol. The number of aliphatic hydroxyl groups is 1. The second-order valence-corrected chi connectivity index (χ2v) is 9.17. The van der Waals surface area contributed by atoms with Gasteiger partial charge in [0.15, 0.2) is 5.78 Å². The number of fused-ring (bicyclic) bond motifs is 1. The summed E-state index contributed by atoms with van der Waals surface area (Å²) in [5.41, 5.74) is -9.24. The summed E-state index contributed by atoms with van der Waals surface area (Å²) in [5, 5.41) is 9.53. The van der Waals surface area contributed by atoms with E-state index in [4.69, 9.17) is 9.47 Å². The van der Waals surface area contributed by atoms with Gasteiger partial charge < -0.3 is 19.5 Å². The number of Topliss-reactive ketones (excluding diaryl/α,β-unsaturated/α-hetero) is 1. The molecular weight excluding hydrogens is 551 g/mol. The SMILES string of the molecule is COc1cc2c(cc1N1CCOCC1)CC(Cc1ncc(C(O)(C(F)(F)F)C(F)(F)F)cc1C(F)(F)F)C2=O. The minimum atomic E-state index is -6.39. The Labute approximate surface area is 215 Å². The molecule has 1 fully saturated rings. The highest BCUT2D eigenvalue weighted by atomic mass is 19.4. The van der Waals surface area contributed by atoms with Gasteiger partial charge in [-0.05, 0) is 30.2 Å². The average molecular weight is 572 g/mol. The molecule has 1 N–H and O–H groups in total. The maximum absolute atomic E-state index is 13.8. The van der Waals surface area contributed by atoms with Crippen LogP contribution in [0, 0.1) is 5.92 Å². The van der Waals surface area contributed by atoms with E-state index in [2.05, 4.69) is 4.98 Å². The summed E-state index contributed by atoms with van der Waals surface area (Å²) < 4.78 is 131. The van der Waals surface area contributed by atoms with Crippen LogP contribution in [0.3, 0.4) is 0 Å². The van der Waals surface area contributed by atoms with Gasteiger partial charge >= 0.3 is 18.5 Å². The molecular formula is C24H21F9N2O4. The van der Waals surface area contributed by atoms with Crippen molar-refractivity contribution in [3.63, 3.8) is 0 Å². The van der Waals surface area contributed by atoms with Crippen LogP contribution in [-0.2, 0) is 29.4 Å². The maximum atomic E-state index is 13.8. The third kappa shape index (κ3) is 5.13. The fraction of sp³-hybridized carbons (Fsp3) is 0.500. The van der Waals surface area contributed by atoms with Gasteiger partial charge in [0.25, 0.3) is 5.60 Å². The molecule has 0 amide bonds. The molecule has 6 nitrogen and oxygen atoms in total. The van der Waals surface area contributed by atoms with Gasteiger partial charge in [-0.2, -0.15) is 39.5 Å². The quantitative estimate of drug-likeness (QED) is 0.517. The van der Waals surface area contributed by atoms with E-state index >= 15 is 0 Å². The van der Waals surface area contributed by atoms with Crippen LogP contribution in [0.25, 0.3) is 0 Å². The summed E-state index contributed by atoms with van der Waals surface area (Å²) in [7, 11) is 1.38. The van der Waals surface area contributed by atoms with Crippen LogP contribution in [0.4, 0.5) is 45.2 Å². The Bertz CT molecular complexity index is 1240. The Morgan fingerprint density at radius 1 is 1.03 bits per heavy atom. The molecule has 4 rings (SSSR count). The molecule has 0 spiro atoms. The van der Waals surface area contributed by atoms with Crippen molar-refractivity contribution in [3.8, 4) is 5.75 Å². The highest BCUT2D eigenvalue weighted by Gasteiger charge is 2.71. The van der Waals surface area contributed by atoms with E-state index in [-0.39, 0.29) is 18.2 Å². The second-order valence-electron chi connectivity index (χ2n) is 9.17. The van der Waals surface area contributed by atoms with Crippen LogP contribution >= 0.6 is 0 Å². The number of ether oxygens (including phenoxy) is 2. The van der Waals surface area contributed by atoms with Crippen molar-refractivity contribution in [3.05, 3.63) is 52.3 Å². The van der Waals surface area contributed by atoms with Gasteiger partial charge in [0, 0.05) is 42.8 Å². The molecule has 1 aliphatic carbocycles. The minimum absolute atomic E-state index is 0.0364. The van der Waals surface area contributed by atoms with E-state index in [1.807, 2.05) is 4.90 Å². The van der Waals surface area contributed by atoms with Crippen LogP contribution in [0.5, 0.6) is 5.75 Å². The van der Waals surface area contributed by atoms with Crippen molar-refractivity contribution in [2.24, 2.45) is 5.92 Å². The number of carbonyl (C=O) groups is 1. The first-order chi connectivity index (χ1) is 18.0. The standard InChI is InChI=1S/C24H21F9N2O4/c1-38-19-10-15-12(8-18(19)35-2-4-39-5-3-35)6-13(20(15)36)7-17-16(22(25,26)27)9-14(11-34-17)21(37,23(28,29)30)24(31,32)33/h8-11,13,37H,2-7H2,1H3. The Balaban J connectivity index is 1.69. The molecule has 39 heavy (non-hydrogen) atoms. The normalized spacial score (nSPS) is 18.9. The molecule has 0 radical (unpaired) electrons. The van der Waals surface area contributed by atoms with Crippen molar-refractivity contribution in [2.45, 2.75) is 37.0 Å². The van der Waals surface area contributed by atoms with E-state index in [1.54, 1.807) is 6.07 Å². The zero-order valence-electron chi connectivity index (χ0n) is 20.1. The number of carbonyl (C=O) groups excluding carboxylic acids is 1. The molecule has 2 heterocycles. The first kappa shape index (κ1) is 28.9. The number of anilines is 1. The average Bonchev–Trinajstić information content (AvgIpc) is 3.15. The summed E-state index contributed by atoms with van der Waals surface area (Å²) in [5.74, 6) is -1.34. The number of halogens is 9. The Morgan fingerprint density at radius 2 is 1.64 bits per heavy atom. The zero-order chi connectivity index (χ0) is 29.0. The largest absolute Gasteiger partial charge is 0.495 e. The van der Waals surface area contributed by atoms with Gasteiger partial charge in [-0.3, -0.25) is 9.78 Å². The Morgan fingerprint density at radius 3 is 2.18 bits per heavy atom. The number of ketones is 1. The number of pyridine rings is 1. The molecule has 1 aromatic heterocycles. The number of alkyl halides is 9. The lowest BCUT2D eigenvalue weighted by atomic mass is 9.90. The molecule has 1 unspecified atom stereocenters. The highest BCUT2D eigenvalue weighted by molar-refractivity contribution is 6.03. The van der Waals surface area contributed by atoms with Crippen LogP contribution < -0.4 is 9.64 Å². The lowest BCUT2D eigenvalue weighted by Gasteiger charge is -2.33. The van der Waals surface area contributed by atoms with Crippen LogP contribution in [0.15, 0.2) is 24.4 Å². The molecule has 15 heteroatoms. The van der Waals surface area contributed by atoms with Crippen molar-refractivity contribution >= 4 is 11.5 Å². The maximum Gasteiger partial charge on any atom is 0.430 e. The molecule has 0 saturated carbocycles. The fourth-order valence-corrected chi connectivity index (χ4v) is 4.79. The van der Waals surface area contributed by atoms with E-state index in [1.165, 1.54) is 13.2 Å². The highest BCUT2D eigenvalue weighted by Crippen LogP contribution is 2.51. The Hall–Kier alpha value is -3.07. The molecule has 214 valence electrons. The minimum Gasteiger partial charge on any atom is -0.495 e. The van der Waals surface area contributed by atoms with E-state index < -0.39 is 65.1 Å². The van der Waals surface area contributed by atoms with Crippen LogP contribution in [0.2, 0.25) is 0 Å². The number of nitrogens with zero attached hydrogens (tertiary/aromatic N) is 2. The van der Waals surface area contributed by atoms with E-state index in [0.29, 0.717) is 43.3 Å². The molecule has 2 aromatic rings. The van der Waals surface area contributed by atoms with Gasteiger partial charge in [0.2, 0.25) is 0 Å². The Kier molecular flexibility index (Phi) is 7.30. The lowest BCUT2D eigenvalue weighted by molar-refractivity contribution is -0.376. The second kappa shape index (κ2) is 9.84. The molecule has 1 atom stereocenters. The summed E-state index contributed by atoms with van der Waals surface area (Å²) in [6.45, 7) is 1.95. The van der Waals surface area contributed by atoms with Crippen molar-refractivity contribution in [1.82, 2.24) is 4.98 Å². The van der Waals surface area contributed by atoms with Gasteiger partial charge in [-0.1, -0.05) is 0 Å². The topological polar surface area (TPSA) is 71.9 Å². The number of rotatable bonds is 5. The smallest absolute Gasteiger partial charge is 0.430 e. The number of hydrogen-bond donors (Lipinski definition) is 1. The molecule has 2 aliphatic rings. The predicted octanol–water partition coefficient (Wildman–Crippen LogP) is 4.86. The monoisotopic (exact) mass is 572 g/mol. The number of hydrogen-bond acceptors (Lipinski definition) is 6. The van der Waals surface area contributed by atoms with E-state index in [0.717, 1.165) is 0 Å². The van der Waals surface area contributed by atoms with Crippen molar-refractivity contribution in [1.29, 1.82) is 0 Å². The number of morpholine rings is 1. The van der Waals surface area contributed by atoms with Crippen molar-refractivity contribution < 1.29 is 58.9 Å². The summed E-state index contributed by atoms with van der Waals surface area (Å²) in [6.07, 6.45) is -19.1. The van der Waals surface area contributed by atoms with Crippen LogP contribution in [-0.4, -0.2) is 61.6 Å². The first-order valence-electron chi connectivity index (χ1n) is 11.5. The fourth-order valence-electron chi connectivity index (χ4n) is 4.79. The zero-order valence-corrected chi connectivity index (χ0v) is 20.1. The number of aromatic nitrogens is 1. The van der Waals surface area contributed by atoms with Crippen LogP contribution in [0.1, 0.15) is 32.7 Å². The molecule has 0 bridgehead atoms. The third-order valence-electron chi connectivity index (χ3n) is 6.81. The molecule has 1 aromatic carbocycles. The van der Waals surface area contributed by atoms with Gasteiger partial charge in [0.1, 0.15) is 5.75 Å². The summed E-state index contributed by atoms with van der Waals surface area (Å²) in [6, 6.07) is 2.71. The van der Waals surface area contributed by atoms with Gasteiger partial charge in [-0.25, -0.2) is 0 Å². The van der Waals surface area contributed by atoms with Gasteiger partial charge in [0.05, 0.1) is 37.3 Å².